The fourth-order valence-electron chi connectivity index (χ4n) is 3.43. The predicted molar refractivity (Wildman–Crippen MR) is 114 cm³/mol. The van der Waals surface area contributed by atoms with Crippen molar-refractivity contribution in [3.63, 3.8) is 0 Å². The van der Waals surface area contributed by atoms with Gasteiger partial charge in [-0.2, -0.15) is 0 Å². The smallest absolute Gasteiger partial charge is 0.261 e. The zero-order chi connectivity index (χ0) is 20.8. The van der Waals surface area contributed by atoms with Crippen LogP contribution in [-0.2, 0) is 4.43 Å². The second-order valence-corrected chi connectivity index (χ2v) is 12.0. The minimum Gasteiger partial charge on any atom is -0.404 e. The van der Waals surface area contributed by atoms with Gasteiger partial charge in [-0.15, -0.1) is 0 Å². The molecule has 0 atom stereocenters. The van der Waals surface area contributed by atoms with Crippen LogP contribution < -0.4 is 10.4 Å². The average molecular weight is 371 g/mol. The molecular weight excluding hydrogens is 336 g/mol. The minimum absolute atomic E-state index is 0.0694. The lowest BCUT2D eigenvalue weighted by molar-refractivity contribution is 0.288. The maximum atomic E-state index is 9.31. The second-order valence-electron chi connectivity index (χ2n) is 7.68. The minimum atomic E-state index is -2.54. The van der Waals surface area contributed by atoms with Gasteiger partial charge in [0.2, 0.25) is 0 Å². The second kappa shape index (κ2) is 9.31. The molecule has 140 valence electrons. The molecule has 0 amide bonds. The van der Waals surface area contributed by atoms with Crippen LogP contribution in [0.25, 0.3) is 0 Å². The van der Waals surface area contributed by atoms with E-state index in [0.717, 1.165) is 5.57 Å². The monoisotopic (exact) mass is 370 g/mol. The molecule has 0 unspecified atom stereocenters. The zero-order valence-electron chi connectivity index (χ0n) is 18.3. The van der Waals surface area contributed by atoms with Crippen molar-refractivity contribution in [1.82, 2.24) is 0 Å². The summed E-state index contributed by atoms with van der Waals surface area (Å²) < 4.78 is 21.3. The first-order valence-corrected chi connectivity index (χ1v) is 11.1. The van der Waals surface area contributed by atoms with Crippen LogP contribution in [0.4, 0.5) is 0 Å². The number of allylic oxidation sites excluding steroid dienone is 1. The molecule has 2 aromatic rings. The van der Waals surface area contributed by atoms with Crippen molar-refractivity contribution in [3.8, 4) is 0 Å². The van der Waals surface area contributed by atoms with E-state index in [1.807, 2.05) is 25.1 Å². The maximum Gasteiger partial charge on any atom is 0.261 e. The Labute approximate surface area is 162 Å². The van der Waals surface area contributed by atoms with E-state index in [4.69, 9.17) is 7.17 Å². The highest BCUT2D eigenvalue weighted by Crippen LogP contribution is 2.36. The normalized spacial score (nSPS) is 14.7. The number of aliphatic hydroxyl groups is 1. The molecule has 0 fully saturated rings. The summed E-state index contributed by atoms with van der Waals surface area (Å²) in [7, 11) is -2.54. The van der Waals surface area contributed by atoms with E-state index in [0.29, 0.717) is 13.0 Å². The predicted octanol–water partition coefficient (Wildman–Crippen LogP) is 4.28. The van der Waals surface area contributed by atoms with Crippen molar-refractivity contribution >= 4 is 18.7 Å². The van der Waals surface area contributed by atoms with E-state index in [1.165, 1.54) is 10.4 Å². The summed E-state index contributed by atoms with van der Waals surface area (Å²) in [5.74, 6) is 0. The lowest BCUT2D eigenvalue weighted by atomic mass is 10.2. The first-order valence-electron chi connectivity index (χ1n) is 10.2. The molecule has 0 heterocycles. The Hall–Kier alpha value is -1.68. The van der Waals surface area contributed by atoms with Gasteiger partial charge < -0.3 is 9.53 Å². The molecule has 0 spiro atoms. The maximum absolute atomic E-state index is 9.31. The van der Waals surface area contributed by atoms with Gasteiger partial charge in [-0.05, 0) is 35.2 Å². The van der Waals surface area contributed by atoms with Crippen molar-refractivity contribution in [1.29, 1.82) is 0 Å². The topological polar surface area (TPSA) is 29.5 Å². The molecule has 1 N–H and O–H groups in total. The van der Waals surface area contributed by atoms with E-state index in [9.17, 15) is 5.11 Å². The van der Waals surface area contributed by atoms with Crippen molar-refractivity contribution in [2.75, 3.05) is 13.2 Å². The molecule has 0 saturated heterocycles. The molecule has 0 radical (unpaired) electrons. The Morgan fingerprint density at radius 3 is 1.96 bits per heavy atom. The highest BCUT2D eigenvalue weighted by Gasteiger charge is 2.49. The van der Waals surface area contributed by atoms with Crippen LogP contribution in [0.5, 0.6) is 0 Å². The molecule has 0 aromatic heterocycles. The molecule has 0 aliphatic rings. The number of hydrogen-bond donors (Lipinski definition) is 1. The lowest BCUT2D eigenvalue weighted by Crippen LogP contribution is -2.66. The highest BCUT2D eigenvalue weighted by molar-refractivity contribution is 6.99. The SMILES string of the molecule is [2H]C([2H])(O)CC/C(C)=C/CO[Si](c1ccccc1)(c1ccccc1)C(C)(C)C. The fourth-order valence-corrected chi connectivity index (χ4v) is 7.91. The van der Waals surface area contributed by atoms with Gasteiger partial charge >= 0.3 is 0 Å². The van der Waals surface area contributed by atoms with E-state index in [-0.39, 0.29) is 11.5 Å². The van der Waals surface area contributed by atoms with Crippen molar-refractivity contribution in [2.45, 2.75) is 45.6 Å². The van der Waals surface area contributed by atoms with Gasteiger partial charge in [0.15, 0.2) is 0 Å². The Kier molecular flexibility index (Phi) is 6.34. The van der Waals surface area contributed by atoms with Gasteiger partial charge in [-0.3, -0.25) is 0 Å². The van der Waals surface area contributed by atoms with E-state index in [1.54, 1.807) is 0 Å². The van der Waals surface area contributed by atoms with Crippen molar-refractivity contribution in [2.24, 2.45) is 0 Å². The first-order chi connectivity index (χ1) is 13.1. The van der Waals surface area contributed by atoms with Crippen LogP contribution in [0.1, 0.15) is 43.3 Å². The zero-order valence-corrected chi connectivity index (χ0v) is 17.3. The first kappa shape index (κ1) is 17.7. The summed E-state index contributed by atoms with van der Waals surface area (Å²) in [6.07, 6.45) is 2.62. The Morgan fingerprint density at radius 1 is 1.04 bits per heavy atom. The summed E-state index contributed by atoms with van der Waals surface area (Å²) in [5, 5.41) is 11.7. The summed E-state index contributed by atoms with van der Waals surface area (Å²) in [5.41, 5.74) is 1.02. The highest BCUT2D eigenvalue weighted by atomic mass is 28.4. The molecule has 0 aliphatic heterocycles. The van der Waals surface area contributed by atoms with Gasteiger partial charge in [0.05, 0.1) is 9.35 Å². The molecule has 2 aromatic carbocycles. The number of benzene rings is 2. The largest absolute Gasteiger partial charge is 0.404 e. The number of hydrogen-bond acceptors (Lipinski definition) is 2. The van der Waals surface area contributed by atoms with Gasteiger partial charge in [0.25, 0.3) is 8.32 Å². The summed E-state index contributed by atoms with van der Waals surface area (Å²) >= 11 is 0. The van der Waals surface area contributed by atoms with Gasteiger partial charge in [0, 0.05) is 6.56 Å². The molecule has 2 rings (SSSR count). The molecule has 0 bridgehead atoms. The summed E-state index contributed by atoms with van der Waals surface area (Å²) in [6, 6.07) is 21.0. The van der Waals surface area contributed by atoms with E-state index in [2.05, 4.69) is 69.3 Å². The third kappa shape index (κ3) is 4.73. The Bertz CT molecular complexity index is 723. The van der Waals surface area contributed by atoms with Crippen LogP contribution in [0, 0.1) is 0 Å². The quantitative estimate of drug-likeness (QED) is 0.555. The van der Waals surface area contributed by atoms with E-state index < -0.39 is 14.9 Å². The van der Waals surface area contributed by atoms with Crippen LogP contribution in [0.3, 0.4) is 0 Å². The summed E-state index contributed by atoms with van der Waals surface area (Å²) in [4.78, 5) is 0. The van der Waals surface area contributed by atoms with Gasteiger partial charge in [-0.25, -0.2) is 0 Å². The lowest BCUT2D eigenvalue weighted by Gasteiger charge is -2.42. The molecule has 0 aliphatic carbocycles. The average Bonchev–Trinajstić information content (AvgIpc) is 2.63. The molecule has 0 saturated carbocycles. The van der Waals surface area contributed by atoms with Crippen molar-refractivity contribution < 1.29 is 12.3 Å². The summed E-state index contributed by atoms with van der Waals surface area (Å²) in [6.45, 7) is 7.03. The van der Waals surface area contributed by atoms with E-state index >= 15 is 0 Å². The Morgan fingerprint density at radius 2 is 1.54 bits per heavy atom. The fraction of sp³-hybridized carbons (Fsp3) is 0.391. The van der Waals surface area contributed by atoms with Crippen LogP contribution in [0.15, 0.2) is 72.3 Å². The molecule has 26 heavy (non-hydrogen) atoms. The number of rotatable bonds is 8. The third-order valence-electron chi connectivity index (χ3n) is 4.78. The Balaban J connectivity index is 2.37. The van der Waals surface area contributed by atoms with Gasteiger partial charge in [-0.1, -0.05) is 93.1 Å². The molecule has 3 heteroatoms. The van der Waals surface area contributed by atoms with Crippen molar-refractivity contribution in [3.05, 3.63) is 72.3 Å². The van der Waals surface area contributed by atoms with Gasteiger partial charge in [0.1, 0.15) is 0 Å². The van der Waals surface area contributed by atoms with Crippen LogP contribution >= 0.6 is 0 Å². The van der Waals surface area contributed by atoms with Crippen LogP contribution in [0.2, 0.25) is 5.04 Å². The van der Waals surface area contributed by atoms with Crippen LogP contribution in [-0.4, -0.2) is 26.6 Å². The molecule has 2 nitrogen and oxygen atoms in total. The standard InChI is InChI=1S/C23H32O2Si/c1-20(12-11-18-24)17-19-25-26(23(2,3)4,21-13-7-5-8-14-21)22-15-9-6-10-16-22/h5-10,13-17,24H,11-12,18-19H2,1-4H3/b20-17+/i18D2. The third-order valence-corrected chi connectivity index (χ3v) is 9.78. The molecular formula is C23H32O2Si.